The molecule has 0 aliphatic heterocycles. The van der Waals surface area contributed by atoms with Gasteiger partial charge in [-0.25, -0.2) is 4.98 Å². The SMILES string of the molecule is COc1ccc(CC(=O)NCc2ccc3c(c2)nc(C2CC2)n3C)cc1. The third-order valence-corrected chi connectivity index (χ3v) is 4.94. The molecule has 1 saturated carbocycles. The number of amides is 1. The fraction of sp³-hybridized carbons (Fsp3) is 0.333. The first kappa shape index (κ1) is 16.6. The number of hydrogen-bond acceptors (Lipinski definition) is 3. The quantitative estimate of drug-likeness (QED) is 0.743. The number of ether oxygens (including phenoxy) is 1. The maximum atomic E-state index is 12.2. The molecule has 26 heavy (non-hydrogen) atoms. The Hall–Kier alpha value is -2.82. The van der Waals surface area contributed by atoms with Crippen molar-refractivity contribution >= 4 is 16.9 Å². The van der Waals surface area contributed by atoms with Gasteiger partial charge in [-0.1, -0.05) is 18.2 Å². The second-order valence-electron chi connectivity index (χ2n) is 6.93. The molecule has 4 rings (SSSR count). The Balaban J connectivity index is 1.39. The molecule has 1 aliphatic carbocycles. The fourth-order valence-corrected chi connectivity index (χ4v) is 3.27. The minimum absolute atomic E-state index is 0.00922. The molecule has 1 heterocycles. The van der Waals surface area contributed by atoms with E-state index in [1.165, 1.54) is 18.7 Å². The number of benzene rings is 2. The molecule has 2 aromatic carbocycles. The van der Waals surface area contributed by atoms with Gasteiger partial charge >= 0.3 is 0 Å². The fourth-order valence-electron chi connectivity index (χ4n) is 3.27. The molecule has 0 saturated heterocycles. The molecule has 1 amide bonds. The van der Waals surface area contributed by atoms with Crippen LogP contribution in [0, 0.1) is 0 Å². The average Bonchev–Trinajstić information content (AvgIpc) is 3.45. The first-order chi connectivity index (χ1) is 12.6. The van der Waals surface area contributed by atoms with E-state index in [1.807, 2.05) is 24.3 Å². The molecular formula is C21H23N3O2. The maximum Gasteiger partial charge on any atom is 0.224 e. The first-order valence-corrected chi connectivity index (χ1v) is 8.99. The number of nitrogens with one attached hydrogen (secondary N) is 1. The topological polar surface area (TPSA) is 56.1 Å². The number of rotatable bonds is 6. The zero-order chi connectivity index (χ0) is 18.1. The van der Waals surface area contributed by atoms with Crippen LogP contribution in [0.1, 0.15) is 35.7 Å². The molecule has 5 nitrogen and oxygen atoms in total. The Kier molecular flexibility index (Phi) is 4.37. The third-order valence-electron chi connectivity index (χ3n) is 4.94. The van der Waals surface area contributed by atoms with E-state index in [-0.39, 0.29) is 5.91 Å². The number of imidazole rings is 1. The number of aromatic nitrogens is 2. The second-order valence-corrected chi connectivity index (χ2v) is 6.93. The summed E-state index contributed by atoms with van der Waals surface area (Å²) in [4.78, 5) is 17.0. The molecule has 0 spiro atoms. The van der Waals surface area contributed by atoms with Crippen LogP contribution in [0.5, 0.6) is 5.75 Å². The van der Waals surface area contributed by atoms with Gasteiger partial charge in [0.1, 0.15) is 11.6 Å². The molecule has 3 aromatic rings. The number of carbonyl (C=O) groups is 1. The van der Waals surface area contributed by atoms with E-state index in [0.717, 1.165) is 27.9 Å². The summed E-state index contributed by atoms with van der Waals surface area (Å²) in [6.07, 6.45) is 2.85. The Morgan fingerprint density at radius 2 is 1.92 bits per heavy atom. The molecule has 0 radical (unpaired) electrons. The summed E-state index contributed by atoms with van der Waals surface area (Å²) in [5.74, 6) is 2.61. The van der Waals surface area contributed by atoms with E-state index < -0.39 is 0 Å². The maximum absolute atomic E-state index is 12.2. The second kappa shape index (κ2) is 6.83. The molecule has 0 unspecified atom stereocenters. The van der Waals surface area contributed by atoms with E-state index in [4.69, 9.17) is 9.72 Å². The molecule has 134 valence electrons. The normalized spacial score (nSPS) is 13.8. The van der Waals surface area contributed by atoms with Crippen molar-refractivity contribution in [3.8, 4) is 5.75 Å². The number of methoxy groups -OCH3 is 1. The Bertz CT molecular complexity index is 940. The zero-order valence-electron chi connectivity index (χ0n) is 15.2. The minimum atomic E-state index is 0.00922. The van der Waals surface area contributed by atoms with Crippen molar-refractivity contribution in [2.45, 2.75) is 31.7 Å². The largest absolute Gasteiger partial charge is 0.497 e. The lowest BCUT2D eigenvalue weighted by Crippen LogP contribution is -2.24. The monoisotopic (exact) mass is 349 g/mol. The van der Waals surface area contributed by atoms with Gasteiger partial charge in [0.25, 0.3) is 0 Å². The van der Waals surface area contributed by atoms with E-state index in [2.05, 4.69) is 35.1 Å². The minimum Gasteiger partial charge on any atom is -0.497 e. The zero-order valence-corrected chi connectivity index (χ0v) is 15.2. The lowest BCUT2D eigenvalue weighted by molar-refractivity contribution is -0.120. The molecule has 1 aliphatic rings. The number of hydrogen-bond donors (Lipinski definition) is 1. The number of fused-ring (bicyclic) bond motifs is 1. The highest BCUT2D eigenvalue weighted by Crippen LogP contribution is 2.40. The van der Waals surface area contributed by atoms with Crippen molar-refractivity contribution in [2.24, 2.45) is 7.05 Å². The van der Waals surface area contributed by atoms with Crippen LogP contribution in [0.4, 0.5) is 0 Å². The van der Waals surface area contributed by atoms with Crippen LogP contribution in [-0.2, 0) is 24.8 Å². The van der Waals surface area contributed by atoms with Gasteiger partial charge in [-0.2, -0.15) is 0 Å². The molecule has 5 heteroatoms. The standard InChI is InChI=1S/C21H23N3O2/c1-24-19-10-5-15(11-18(19)23-21(24)16-6-7-16)13-22-20(25)12-14-3-8-17(26-2)9-4-14/h3-5,8-11,16H,6-7,12-13H2,1-2H3,(H,22,25). The van der Waals surface area contributed by atoms with E-state index >= 15 is 0 Å². The Morgan fingerprint density at radius 1 is 1.19 bits per heavy atom. The number of nitrogens with zero attached hydrogens (tertiary/aromatic N) is 2. The molecule has 0 atom stereocenters. The predicted molar refractivity (Wildman–Crippen MR) is 101 cm³/mol. The van der Waals surface area contributed by atoms with Crippen LogP contribution in [0.3, 0.4) is 0 Å². The van der Waals surface area contributed by atoms with Crippen molar-refractivity contribution in [2.75, 3.05) is 7.11 Å². The lowest BCUT2D eigenvalue weighted by Gasteiger charge is -2.07. The van der Waals surface area contributed by atoms with Crippen LogP contribution in [-0.4, -0.2) is 22.6 Å². The molecule has 1 N–H and O–H groups in total. The van der Waals surface area contributed by atoms with Crippen LogP contribution < -0.4 is 10.1 Å². The average molecular weight is 349 g/mol. The molecular weight excluding hydrogens is 326 g/mol. The summed E-state index contributed by atoms with van der Waals surface area (Å²) < 4.78 is 7.33. The summed E-state index contributed by atoms with van der Waals surface area (Å²) in [6.45, 7) is 0.514. The van der Waals surface area contributed by atoms with Crippen LogP contribution in [0.15, 0.2) is 42.5 Å². The smallest absolute Gasteiger partial charge is 0.224 e. The summed E-state index contributed by atoms with van der Waals surface area (Å²) in [5.41, 5.74) is 4.20. The van der Waals surface area contributed by atoms with Gasteiger partial charge in [-0.3, -0.25) is 4.79 Å². The van der Waals surface area contributed by atoms with Gasteiger partial charge in [0.2, 0.25) is 5.91 Å². The summed E-state index contributed by atoms with van der Waals surface area (Å²) in [6, 6.07) is 13.8. The highest BCUT2D eigenvalue weighted by atomic mass is 16.5. The van der Waals surface area contributed by atoms with Gasteiger partial charge in [0.05, 0.1) is 24.6 Å². The van der Waals surface area contributed by atoms with Gasteiger partial charge in [0.15, 0.2) is 0 Å². The van der Waals surface area contributed by atoms with Crippen LogP contribution in [0.25, 0.3) is 11.0 Å². The Morgan fingerprint density at radius 3 is 2.62 bits per heavy atom. The van der Waals surface area contributed by atoms with Gasteiger partial charge in [0, 0.05) is 19.5 Å². The third kappa shape index (κ3) is 3.43. The molecule has 1 fully saturated rings. The molecule has 1 aromatic heterocycles. The van der Waals surface area contributed by atoms with Crippen LogP contribution >= 0.6 is 0 Å². The number of carbonyl (C=O) groups excluding carboxylic acids is 1. The van der Waals surface area contributed by atoms with Crippen molar-refractivity contribution in [1.29, 1.82) is 0 Å². The van der Waals surface area contributed by atoms with Crippen molar-refractivity contribution in [3.05, 3.63) is 59.4 Å². The summed E-state index contributed by atoms with van der Waals surface area (Å²) in [5, 5.41) is 2.99. The summed E-state index contributed by atoms with van der Waals surface area (Å²) in [7, 11) is 3.72. The highest BCUT2D eigenvalue weighted by molar-refractivity contribution is 5.79. The van der Waals surface area contributed by atoms with Crippen molar-refractivity contribution in [1.82, 2.24) is 14.9 Å². The van der Waals surface area contributed by atoms with Crippen molar-refractivity contribution < 1.29 is 9.53 Å². The molecule has 0 bridgehead atoms. The van der Waals surface area contributed by atoms with E-state index in [0.29, 0.717) is 18.9 Å². The first-order valence-electron chi connectivity index (χ1n) is 8.99. The number of aryl methyl sites for hydroxylation is 1. The van der Waals surface area contributed by atoms with Gasteiger partial charge in [-0.15, -0.1) is 0 Å². The predicted octanol–water partition coefficient (Wildman–Crippen LogP) is 3.32. The Labute approximate surface area is 153 Å². The van der Waals surface area contributed by atoms with E-state index in [9.17, 15) is 4.79 Å². The summed E-state index contributed by atoms with van der Waals surface area (Å²) >= 11 is 0. The van der Waals surface area contributed by atoms with Crippen LogP contribution in [0.2, 0.25) is 0 Å². The lowest BCUT2D eigenvalue weighted by atomic mass is 10.1. The van der Waals surface area contributed by atoms with Gasteiger partial charge < -0.3 is 14.6 Å². The van der Waals surface area contributed by atoms with Gasteiger partial charge in [-0.05, 0) is 48.2 Å². The highest BCUT2D eigenvalue weighted by Gasteiger charge is 2.28. The van der Waals surface area contributed by atoms with Crippen molar-refractivity contribution in [3.63, 3.8) is 0 Å². The van der Waals surface area contributed by atoms with E-state index in [1.54, 1.807) is 7.11 Å².